The van der Waals surface area contributed by atoms with Crippen molar-refractivity contribution in [1.82, 2.24) is 10.2 Å². The lowest BCUT2D eigenvalue weighted by Crippen LogP contribution is -2.44. The molecule has 0 aliphatic carbocycles. The second-order valence-corrected chi connectivity index (χ2v) is 8.33. The molecule has 1 fully saturated rings. The van der Waals surface area contributed by atoms with Crippen molar-refractivity contribution in [1.29, 1.82) is 5.41 Å². The molecule has 1 aliphatic rings. The van der Waals surface area contributed by atoms with E-state index >= 15 is 0 Å². The van der Waals surface area contributed by atoms with Gasteiger partial charge in [0.15, 0.2) is 5.96 Å². The van der Waals surface area contributed by atoms with E-state index in [2.05, 4.69) is 10.3 Å². The maximum Gasteiger partial charge on any atom is 0.416 e. The van der Waals surface area contributed by atoms with Crippen LogP contribution >= 0.6 is 11.6 Å². The number of guanidine groups is 1. The van der Waals surface area contributed by atoms with Crippen LogP contribution in [0.4, 0.5) is 17.6 Å². The fraction of sp³-hybridized carbons (Fsp3) is 0.360. The van der Waals surface area contributed by atoms with Crippen LogP contribution in [0.3, 0.4) is 0 Å². The highest BCUT2D eigenvalue weighted by molar-refractivity contribution is 6.32. The molecule has 0 bridgehead atoms. The van der Waals surface area contributed by atoms with E-state index < -0.39 is 11.7 Å². The lowest BCUT2D eigenvalue weighted by atomic mass is 9.99. The number of hydrogen-bond donors (Lipinski definition) is 4. The van der Waals surface area contributed by atoms with Gasteiger partial charge in [-0.05, 0) is 55.5 Å². The number of alkyl halides is 3. The summed E-state index contributed by atoms with van der Waals surface area (Å²) in [5, 5.41) is 19.7. The van der Waals surface area contributed by atoms with E-state index in [-0.39, 0.29) is 29.0 Å². The molecular weight excluding hydrogens is 514 g/mol. The highest BCUT2D eigenvalue weighted by atomic mass is 35.5. The van der Waals surface area contributed by atoms with Gasteiger partial charge in [-0.15, -0.1) is 0 Å². The average Bonchev–Trinajstić information content (AvgIpc) is 2.86. The van der Waals surface area contributed by atoms with Crippen LogP contribution in [0, 0.1) is 5.41 Å². The molecular formula is C25H30ClF4N5O2. The number of halogens is 5. The van der Waals surface area contributed by atoms with Crippen molar-refractivity contribution in [3.8, 4) is 16.9 Å². The van der Waals surface area contributed by atoms with Gasteiger partial charge in [0.2, 0.25) is 0 Å². The minimum Gasteiger partial charge on any atom is -0.506 e. The van der Waals surface area contributed by atoms with Crippen molar-refractivity contribution < 1.29 is 27.4 Å². The summed E-state index contributed by atoms with van der Waals surface area (Å²) in [6.07, 6.45) is -3.19. The number of morpholine rings is 1. The Kier molecular flexibility index (Phi) is 11.2. The standard InChI is InChI=1S/C15H11ClF3NO.C10H19FN4O/c16-13-8-11(6-10(4-5-20)14(13)21)9-2-1-3-12(7-9)15(17,18)19;1-3-13-10(12)14-9(8(2)11)15-4-6-16-7-5-15/h1-3,5-8,20-21H,4H2;3-7H2,1-2H3,(H3,12,13,14)/b;9-8-. The molecule has 7 nitrogen and oxygen atoms in total. The predicted octanol–water partition coefficient (Wildman–Crippen LogP) is 5.32. The fourth-order valence-electron chi connectivity index (χ4n) is 3.46. The first kappa shape index (κ1) is 29.9. The van der Waals surface area contributed by atoms with Crippen molar-refractivity contribution >= 4 is 23.8 Å². The van der Waals surface area contributed by atoms with Crippen molar-refractivity contribution in [2.75, 3.05) is 32.8 Å². The Morgan fingerprint density at radius 2 is 1.92 bits per heavy atom. The van der Waals surface area contributed by atoms with Crippen LogP contribution in [-0.4, -0.2) is 55.0 Å². The molecule has 37 heavy (non-hydrogen) atoms. The minimum atomic E-state index is -4.42. The fourth-order valence-corrected chi connectivity index (χ4v) is 3.70. The van der Waals surface area contributed by atoms with Gasteiger partial charge in [0.25, 0.3) is 0 Å². The Labute approximate surface area is 218 Å². The number of rotatable bonds is 6. The number of allylic oxidation sites excluding steroid dienone is 1. The maximum absolute atomic E-state index is 13.4. The van der Waals surface area contributed by atoms with Gasteiger partial charge in [-0.1, -0.05) is 23.7 Å². The number of phenols is 1. The number of benzene rings is 2. The molecule has 0 amide bonds. The Balaban J connectivity index is 0.000000271. The van der Waals surface area contributed by atoms with Crippen molar-refractivity contribution in [3.63, 3.8) is 0 Å². The van der Waals surface area contributed by atoms with Crippen molar-refractivity contribution in [2.45, 2.75) is 26.4 Å². The zero-order valence-corrected chi connectivity index (χ0v) is 21.3. The van der Waals surface area contributed by atoms with Gasteiger partial charge in [0.05, 0.1) is 23.8 Å². The van der Waals surface area contributed by atoms with Crippen LogP contribution in [-0.2, 0) is 17.3 Å². The smallest absolute Gasteiger partial charge is 0.416 e. The lowest BCUT2D eigenvalue weighted by molar-refractivity contribution is -0.137. The molecule has 0 radical (unpaired) electrons. The first-order chi connectivity index (χ1) is 17.5. The van der Waals surface area contributed by atoms with Crippen LogP contribution in [0.5, 0.6) is 5.75 Å². The van der Waals surface area contributed by atoms with E-state index in [1.807, 2.05) is 11.8 Å². The summed E-state index contributed by atoms with van der Waals surface area (Å²) in [6.45, 7) is 6.35. The summed E-state index contributed by atoms with van der Waals surface area (Å²) < 4.78 is 56.8. The van der Waals surface area contributed by atoms with E-state index in [1.54, 1.807) is 0 Å². The second kappa shape index (κ2) is 13.8. The van der Waals surface area contributed by atoms with E-state index in [0.29, 0.717) is 55.4 Å². The first-order valence-electron chi connectivity index (χ1n) is 11.4. The number of nitrogens with two attached hydrogens (primary N) is 1. The van der Waals surface area contributed by atoms with E-state index in [9.17, 15) is 22.7 Å². The number of hydrogen-bond acceptors (Lipinski definition) is 5. The zero-order chi connectivity index (χ0) is 27.6. The third kappa shape index (κ3) is 8.94. The van der Waals surface area contributed by atoms with E-state index in [1.165, 1.54) is 31.2 Å². The van der Waals surface area contributed by atoms with Crippen LogP contribution < -0.4 is 11.1 Å². The van der Waals surface area contributed by atoms with Crippen LogP contribution in [0.2, 0.25) is 5.02 Å². The third-order valence-corrected chi connectivity index (χ3v) is 5.50. The van der Waals surface area contributed by atoms with Gasteiger partial charge in [-0.3, -0.25) is 4.99 Å². The molecule has 1 aliphatic heterocycles. The highest BCUT2D eigenvalue weighted by Gasteiger charge is 2.30. The summed E-state index contributed by atoms with van der Waals surface area (Å²) in [6, 6.07) is 7.80. The molecule has 0 atom stereocenters. The lowest BCUT2D eigenvalue weighted by Gasteiger charge is -2.31. The summed E-state index contributed by atoms with van der Waals surface area (Å²) in [7, 11) is 0. The van der Waals surface area contributed by atoms with Crippen molar-refractivity contribution in [2.24, 2.45) is 10.7 Å². The minimum absolute atomic E-state index is 0.0433. The number of nitrogens with one attached hydrogen (secondary N) is 2. The molecule has 0 saturated carbocycles. The van der Waals surface area contributed by atoms with Crippen LogP contribution in [0.1, 0.15) is 25.0 Å². The van der Waals surface area contributed by atoms with Crippen LogP contribution in [0.25, 0.3) is 11.1 Å². The molecule has 1 heterocycles. The topological polar surface area (TPSA) is 107 Å². The predicted molar refractivity (Wildman–Crippen MR) is 138 cm³/mol. The maximum atomic E-state index is 13.4. The van der Waals surface area contributed by atoms with Gasteiger partial charge in [-0.25, -0.2) is 4.39 Å². The normalized spacial score (nSPS) is 14.9. The third-order valence-electron chi connectivity index (χ3n) is 5.22. The number of aromatic hydroxyl groups is 1. The largest absolute Gasteiger partial charge is 0.506 e. The molecule has 12 heteroatoms. The zero-order valence-electron chi connectivity index (χ0n) is 20.5. The molecule has 0 spiro atoms. The molecule has 2 aromatic carbocycles. The molecule has 202 valence electrons. The quantitative estimate of drug-likeness (QED) is 0.224. The Morgan fingerprint density at radius 3 is 2.49 bits per heavy atom. The summed E-state index contributed by atoms with van der Waals surface area (Å²) in [5.74, 6) is 0.172. The Hall–Kier alpha value is -3.31. The molecule has 0 unspecified atom stereocenters. The molecule has 2 aromatic rings. The number of phenolic OH excluding ortho intramolecular Hbond substituents is 1. The first-order valence-corrected chi connectivity index (χ1v) is 11.8. The van der Waals surface area contributed by atoms with E-state index in [4.69, 9.17) is 27.5 Å². The molecule has 5 N–H and O–H groups in total. The number of nitrogens with zero attached hydrogens (tertiary/aromatic N) is 2. The van der Waals surface area contributed by atoms with Crippen LogP contribution in [0.15, 0.2) is 53.0 Å². The summed E-state index contributed by atoms with van der Waals surface area (Å²) in [4.78, 5) is 5.84. The van der Waals surface area contributed by atoms with Gasteiger partial charge >= 0.3 is 6.18 Å². The van der Waals surface area contributed by atoms with Gasteiger partial charge in [0, 0.05) is 31.6 Å². The molecule has 0 aromatic heterocycles. The monoisotopic (exact) mass is 543 g/mol. The number of aliphatic imine (C=N–C) groups is 1. The van der Waals surface area contributed by atoms with Gasteiger partial charge in [-0.2, -0.15) is 13.2 Å². The number of ether oxygens (including phenoxy) is 1. The second-order valence-electron chi connectivity index (χ2n) is 7.92. The van der Waals surface area contributed by atoms with Gasteiger partial charge in [0.1, 0.15) is 17.4 Å². The highest BCUT2D eigenvalue weighted by Crippen LogP contribution is 2.36. The average molecular weight is 544 g/mol. The molecule has 1 saturated heterocycles. The van der Waals surface area contributed by atoms with Crippen molar-refractivity contribution in [3.05, 3.63) is 64.2 Å². The SMILES string of the molecule is CCN=C(N)N/C(=C(\C)F)N1CCOCC1.N=CCc1cc(-c2cccc(C(F)(F)F)c2)cc(Cl)c1O. The summed E-state index contributed by atoms with van der Waals surface area (Å²) >= 11 is 5.89. The summed E-state index contributed by atoms with van der Waals surface area (Å²) in [5.41, 5.74) is 6.06. The molecule has 3 rings (SSSR count). The Bertz CT molecular complexity index is 1130. The van der Waals surface area contributed by atoms with Gasteiger partial charge < -0.3 is 31.2 Å². The Morgan fingerprint density at radius 1 is 1.24 bits per heavy atom. The van der Waals surface area contributed by atoms with E-state index in [0.717, 1.165) is 18.3 Å².